The Bertz CT molecular complexity index is 796. The van der Waals surface area contributed by atoms with E-state index in [0.717, 1.165) is 34.5 Å². The first-order valence-corrected chi connectivity index (χ1v) is 7.09. The summed E-state index contributed by atoms with van der Waals surface area (Å²) in [5.41, 5.74) is 9.67. The molecule has 3 nitrogen and oxygen atoms in total. The number of hydrogen-bond acceptors (Lipinski definition) is 3. The minimum Gasteiger partial charge on any atom is -0.457 e. The van der Waals surface area contributed by atoms with Gasteiger partial charge in [-0.3, -0.25) is 4.98 Å². The molecule has 2 aromatic carbocycles. The number of ether oxygens (including phenoxy) is 1. The minimum atomic E-state index is 0.709. The molecule has 0 unspecified atom stereocenters. The van der Waals surface area contributed by atoms with Crippen LogP contribution in [0.1, 0.15) is 18.2 Å². The third kappa shape index (κ3) is 2.82. The van der Waals surface area contributed by atoms with Crippen LogP contribution in [0.4, 0.5) is 5.69 Å². The topological polar surface area (TPSA) is 48.1 Å². The lowest BCUT2D eigenvalue weighted by molar-refractivity contribution is 0.487. The summed E-state index contributed by atoms with van der Waals surface area (Å²) in [7, 11) is 0. The largest absolute Gasteiger partial charge is 0.457 e. The fraction of sp³-hybridized carbons (Fsp3) is 0.167. The Kier molecular flexibility index (Phi) is 3.48. The maximum atomic E-state index is 6.07. The van der Waals surface area contributed by atoms with Crippen LogP contribution in [0.5, 0.6) is 11.5 Å². The first-order chi connectivity index (χ1) is 10.2. The summed E-state index contributed by atoms with van der Waals surface area (Å²) in [6.45, 7) is 4.09. The lowest BCUT2D eigenvalue weighted by Crippen LogP contribution is -1.93. The molecule has 0 aliphatic carbocycles. The molecule has 0 amide bonds. The van der Waals surface area contributed by atoms with E-state index in [1.54, 1.807) is 0 Å². The van der Waals surface area contributed by atoms with Gasteiger partial charge in [0.2, 0.25) is 0 Å². The van der Waals surface area contributed by atoms with Crippen molar-refractivity contribution in [1.29, 1.82) is 0 Å². The number of nitrogens with zero attached hydrogens (tertiary/aromatic N) is 1. The van der Waals surface area contributed by atoms with Gasteiger partial charge in [-0.1, -0.05) is 19.1 Å². The number of rotatable bonds is 3. The third-order valence-corrected chi connectivity index (χ3v) is 3.46. The van der Waals surface area contributed by atoms with Crippen molar-refractivity contribution in [2.45, 2.75) is 20.3 Å². The molecule has 106 valence electrons. The maximum Gasteiger partial charge on any atom is 0.138 e. The monoisotopic (exact) mass is 278 g/mol. The van der Waals surface area contributed by atoms with Crippen molar-refractivity contribution in [2.75, 3.05) is 5.73 Å². The minimum absolute atomic E-state index is 0.709. The Labute approximate surface area is 124 Å². The van der Waals surface area contributed by atoms with Crippen molar-refractivity contribution >= 4 is 16.6 Å². The van der Waals surface area contributed by atoms with Gasteiger partial charge in [0.1, 0.15) is 11.5 Å². The van der Waals surface area contributed by atoms with Crippen molar-refractivity contribution in [3.05, 3.63) is 59.8 Å². The predicted molar refractivity (Wildman–Crippen MR) is 86.8 cm³/mol. The highest BCUT2D eigenvalue weighted by atomic mass is 16.5. The summed E-state index contributed by atoms with van der Waals surface area (Å²) in [5, 5.41) is 0.933. The number of nitrogens with two attached hydrogens (primary N) is 1. The molecular weight excluding hydrogens is 260 g/mol. The average Bonchev–Trinajstić information content (AvgIpc) is 2.48. The number of anilines is 1. The number of benzene rings is 2. The number of nitrogen functional groups attached to an aromatic ring is 1. The zero-order chi connectivity index (χ0) is 14.8. The normalized spacial score (nSPS) is 10.8. The van der Waals surface area contributed by atoms with E-state index in [4.69, 9.17) is 10.5 Å². The fourth-order valence-corrected chi connectivity index (χ4v) is 2.38. The number of hydrogen-bond donors (Lipinski definition) is 1. The van der Waals surface area contributed by atoms with Crippen LogP contribution in [0.2, 0.25) is 0 Å². The molecule has 0 radical (unpaired) electrons. The Morgan fingerprint density at radius 2 is 1.95 bits per heavy atom. The molecule has 2 N–H and O–H groups in total. The molecule has 0 saturated heterocycles. The maximum absolute atomic E-state index is 6.07. The Morgan fingerprint density at radius 1 is 1.10 bits per heavy atom. The number of fused-ring (bicyclic) bond motifs is 1. The predicted octanol–water partition coefficient (Wildman–Crippen LogP) is 4.48. The molecule has 3 aromatic rings. The van der Waals surface area contributed by atoms with Gasteiger partial charge in [-0.2, -0.15) is 0 Å². The highest BCUT2D eigenvalue weighted by molar-refractivity contribution is 5.88. The van der Waals surface area contributed by atoms with E-state index in [1.807, 2.05) is 43.3 Å². The van der Waals surface area contributed by atoms with Gasteiger partial charge < -0.3 is 10.5 Å². The van der Waals surface area contributed by atoms with Crippen LogP contribution in [0, 0.1) is 6.92 Å². The second kappa shape index (κ2) is 5.44. The van der Waals surface area contributed by atoms with Gasteiger partial charge in [0.25, 0.3) is 0 Å². The Balaban J connectivity index is 2.08. The summed E-state index contributed by atoms with van der Waals surface area (Å²) >= 11 is 0. The second-order valence-electron chi connectivity index (χ2n) is 5.14. The molecular formula is C18H18N2O. The second-order valence-corrected chi connectivity index (χ2v) is 5.14. The number of aryl methyl sites for hydroxylation is 2. The SMILES string of the molecule is CCc1cccc(Oc2cc(C)nc3ccc(N)cc23)c1. The molecule has 0 aliphatic heterocycles. The first kappa shape index (κ1) is 13.4. The van der Waals surface area contributed by atoms with Crippen LogP contribution in [0.15, 0.2) is 48.5 Å². The van der Waals surface area contributed by atoms with Crippen molar-refractivity contribution in [3.63, 3.8) is 0 Å². The van der Waals surface area contributed by atoms with Gasteiger partial charge in [0.15, 0.2) is 0 Å². The fourth-order valence-electron chi connectivity index (χ4n) is 2.38. The molecule has 0 atom stereocenters. The van der Waals surface area contributed by atoms with Gasteiger partial charge >= 0.3 is 0 Å². The zero-order valence-electron chi connectivity index (χ0n) is 12.3. The highest BCUT2D eigenvalue weighted by Gasteiger charge is 2.07. The molecule has 3 rings (SSSR count). The van der Waals surface area contributed by atoms with Gasteiger partial charge in [-0.15, -0.1) is 0 Å². The standard InChI is InChI=1S/C18H18N2O/c1-3-13-5-4-6-15(10-13)21-18-9-12(2)20-17-8-7-14(19)11-16(17)18/h4-11H,3,19H2,1-2H3. The first-order valence-electron chi connectivity index (χ1n) is 7.09. The van der Waals surface area contributed by atoms with Gasteiger partial charge in [-0.05, 0) is 49.2 Å². The van der Waals surface area contributed by atoms with Crippen LogP contribution >= 0.6 is 0 Å². The zero-order valence-corrected chi connectivity index (χ0v) is 12.3. The molecule has 1 aromatic heterocycles. The summed E-state index contributed by atoms with van der Waals surface area (Å²) in [4.78, 5) is 4.52. The van der Waals surface area contributed by atoms with Crippen LogP contribution < -0.4 is 10.5 Å². The molecule has 21 heavy (non-hydrogen) atoms. The number of aromatic nitrogens is 1. The molecule has 3 heteroatoms. The smallest absolute Gasteiger partial charge is 0.138 e. The van der Waals surface area contributed by atoms with Gasteiger partial charge in [-0.25, -0.2) is 0 Å². The van der Waals surface area contributed by atoms with E-state index in [9.17, 15) is 0 Å². The Hall–Kier alpha value is -2.55. The van der Waals surface area contributed by atoms with Crippen LogP contribution in [-0.4, -0.2) is 4.98 Å². The van der Waals surface area contributed by atoms with Gasteiger partial charge in [0, 0.05) is 22.8 Å². The highest BCUT2D eigenvalue weighted by Crippen LogP contribution is 2.31. The lowest BCUT2D eigenvalue weighted by Gasteiger charge is -2.11. The van der Waals surface area contributed by atoms with E-state index in [2.05, 4.69) is 24.0 Å². The summed E-state index contributed by atoms with van der Waals surface area (Å²) < 4.78 is 6.07. The quantitative estimate of drug-likeness (QED) is 0.718. The van der Waals surface area contributed by atoms with Crippen LogP contribution in [-0.2, 0) is 6.42 Å². The van der Waals surface area contributed by atoms with Crippen molar-refractivity contribution in [3.8, 4) is 11.5 Å². The van der Waals surface area contributed by atoms with E-state index in [-0.39, 0.29) is 0 Å². The van der Waals surface area contributed by atoms with E-state index >= 15 is 0 Å². The van der Waals surface area contributed by atoms with E-state index < -0.39 is 0 Å². The molecule has 0 saturated carbocycles. The Morgan fingerprint density at radius 3 is 2.76 bits per heavy atom. The molecule has 1 heterocycles. The van der Waals surface area contributed by atoms with Crippen LogP contribution in [0.25, 0.3) is 10.9 Å². The third-order valence-electron chi connectivity index (χ3n) is 3.46. The van der Waals surface area contributed by atoms with Crippen molar-refractivity contribution < 1.29 is 4.74 Å². The summed E-state index contributed by atoms with van der Waals surface area (Å²) in [6.07, 6.45) is 0.986. The lowest BCUT2D eigenvalue weighted by atomic mass is 10.1. The van der Waals surface area contributed by atoms with Crippen molar-refractivity contribution in [1.82, 2.24) is 4.98 Å². The molecule has 0 fully saturated rings. The van der Waals surface area contributed by atoms with E-state index in [0.29, 0.717) is 5.69 Å². The average molecular weight is 278 g/mol. The van der Waals surface area contributed by atoms with Crippen LogP contribution in [0.3, 0.4) is 0 Å². The van der Waals surface area contributed by atoms with Gasteiger partial charge in [0.05, 0.1) is 5.52 Å². The van der Waals surface area contributed by atoms with Crippen molar-refractivity contribution in [2.24, 2.45) is 0 Å². The van der Waals surface area contributed by atoms with E-state index in [1.165, 1.54) is 5.56 Å². The summed E-state index contributed by atoms with van der Waals surface area (Å²) in [6, 6.07) is 15.8. The molecule has 0 spiro atoms. The summed E-state index contributed by atoms with van der Waals surface area (Å²) in [5.74, 6) is 1.63. The number of pyridine rings is 1. The molecule has 0 bridgehead atoms. The molecule has 0 aliphatic rings.